The standard InChI is InChI=1S/C22H23ClN4O3S/c1-16-14-21(27(25-16)19-7-3-2-4-8-19)24-22(28)17-6-5-13-26(15-17)31(29,30)20-11-9-18(23)10-12-20/h2-4,7-12,14,17H,5-6,13,15H2,1H3,(H,24,28). The first-order valence-corrected chi connectivity index (χ1v) is 11.8. The molecule has 0 saturated carbocycles. The number of nitrogens with one attached hydrogen (secondary N) is 1. The van der Waals surface area contributed by atoms with E-state index < -0.39 is 15.9 Å². The molecule has 7 nitrogen and oxygen atoms in total. The molecule has 2 aromatic carbocycles. The van der Waals surface area contributed by atoms with Crippen molar-refractivity contribution in [3.05, 3.63) is 71.4 Å². The summed E-state index contributed by atoms with van der Waals surface area (Å²) in [4.78, 5) is 13.2. The Morgan fingerprint density at radius 1 is 1.13 bits per heavy atom. The molecule has 1 aliphatic rings. The number of sulfonamides is 1. The third-order valence-corrected chi connectivity index (χ3v) is 7.42. The van der Waals surface area contributed by atoms with Crippen LogP contribution in [0.4, 0.5) is 5.82 Å². The van der Waals surface area contributed by atoms with Crippen molar-refractivity contribution in [1.29, 1.82) is 0 Å². The van der Waals surface area contributed by atoms with Crippen LogP contribution in [-0.2, 0) is 14.8 Å². The van der Waals surface area contributed by atoms with E-state index in [-0.39, 0.29) is 17.3 Å². The van der Waals surface area contributed by atoms with Gasteiger partial charge in [-0.3, -0.25) is 4.79 Å². The number of rotatable bonds is 5. The van der Waals surface area contributed by atoms with Crippen LogP contribution in [0.15, 0.2) is 65.6 Å². The summed E-state index contributed by atoms with van der Waals surface area (Å²) >= 11 is 5.88. The minimum absolute atomic E-state index is 0.134. The Morgan fingerprint density at radius 3 is 2.55 bits per heavy atom. The molecule has 1 unspecified atom stereocenters. The van der Waals surface area contributed by atoms with Gasteiger partial charge in [-0.1, -0.05) is 29.8 Å². The van der Waals surface area contributed by atoms with E-state index in [9.17, 15) is 13.2 Å². The second-order valence-corrected chi connectivity index (χ2v) is 9.94. The number of benzene rings is 2. The Morgan fingerprint density at radius 2 is 1.84 bits per heavy atom. The first-order valence-electron chi connectivity index (χ1n) is 10.0. The predicted octanol–water partition coefficient (Wildman–Crippen LogP) is 3.87. The van der Waals surface area contributed by atoms with E-state index in [1.165, 1.54) is 16.4 Å². The van der Waals surface area contributed by atoms with Crippen molar-refractivity contribution in [2.24, 2.45) is 5.92 Å². The average Bonchev–Trinajstić information content (AvgIpc) is 3.14. The number of nitrogens with zero attached hydrogens (tertiary/aromatic N) is 3. The summed E-state index contributed by atoms with van der Waals surface area (Å²) in [5, 5.41) is 7.88. The molecule has 31 heavy (non-hydrogen) atoms. The molecular weight excluding hydrogens is 436 g/mol. The quantitative estimate of drug-likeness (QED) is 0.629. The summed E-state index contributed by atoms with van der Waals surface area (Å²) in [5.41, 5.74) is 1.61. The normalized spacial score (nSPS) is 17.4. The highest BCUT2D eigenvalue weighted by Gasteiger charge is 2.33. The van der Waals surface area contributed by atoms with Crippen molar-refractivity contribution >= 4 is 33.3 Å². The second kappa shape index (κ2) is 8.82. The number of amides is 1. The Hall–Kier alpha value is -2.68. The number of anilines is 1. The molecule has 1 saturated heterocycles. The third kappa shape index (κ3) is 4.66. The number of aromatic nitrogens is 2. The van der Waals surface area contributed by atoms with Crippen LogP contribution in [-0.4, -0.2) is 41.5 Å². The van der Waals surface area contributed by atoms with Gasteiger partial charge in [0.15, 0.2) is 0 Å². The topological polar surface area (TPSA) is 84.3 Å². The van der Waals surface area contributed by atoms with Crippen molar-refractivity contribution in [1.82, 2.24) is 14.1 Å². The second-order valence-electron chi connectivity index (χ2n) is 7.56. The fraction of sp³-hybridized carbons (Fsp3) is 0.273. The highest BCUT2D eigenvalue weighted by Crippen LogP contribution is 2.26. The van der Waals surface area contributed by atoms with Crippen molar-refractivity contribution in [2.45, 2.75) is 24.7 Å². The maximum atomic E-state index is 13.0. The molecule has 2 heterocycles. The van der Waals surface area contributed by atoms with Crippen LogP contribution in [0, 0.1) is 12.8 Å². The number of aryl methyl sites for hydroxylation is 1. The fourth-order valence-corrected chi connectivity index (χ4v) is 5.36. The lowest BCUT2D eigenvalue weighted by atomic mass is 9.99. The smallest absolute Gasteiger partial charge is 0.243 e. The first kappa shape index (κ1) is 21.5. The van der Waals surface area contributed by atoms with Gasteiger partial charge in [-0.05, 0) is 56.2 Å². The minimum atomic E-state index is -3.69. The van der Waals surface area contributed by atoms with Gasteiger partial charge in [0.25, 0.3) is 0 Å². The average molecular weight is 459 g/mol. The van der Waals surface area contributed by atoms with Gasteiger partial charge in [0.1, 0.15) is 5.82 Å². The van der Waals surface area contributed by atoms with Gasteiger partial charge in [-0.2, -0.15) is 9.40 Å². The number of halogens is 1. The van der Waals surface area contributed by atoms with Crippen LogP contribution in [0.3, 0.4) is 0 Å². The van der Waals surface area contributed by atoms with E-state index in [1.54, 1.807) is 22.9 Å². The molecule has 9 heteroatoms. The molecule has 0 bridgehead atoms. The lowest BCUT2D eigenvalue weighted by Crippen LogP contribution is -2.43. The van der Waals surface area contributed by atoms with Gasteiger partial charge < -0.3 is 5.32 Å². The summed E-state index contributed by atoms with van der Waals surface area (Å²) < 4.78 is 29.1. The van der Waals surface area contributed by atoms with Crippen LogP contribution >= 0.6 is 11.6 Å². The molecule has 1 amide bonds. The van der Waals surface area contributed by atoms with E-state index in [2.05, 4.69) is 10.4 Å². The zero-order valence-electron chi connectivity index (χ0n) is 17.0. The van der Waals surface area contributed by atoms with Crippen molar-refractivity contribution < 1.29 is 13.2 Å². The van der Waals surface area contributed by atoms with E-state index in [0.29, 0.717) is 30.2 Å². The lowest BCUT2D eigenvalue weighted by Gasteiger charge is -2.31. The molecule has 0 radical (unpaired) electrons. The van der Waals surface area contributed by atoms with Crippen molar-refractivity contribution in [2.75, 3.05) is 18.4 Å². The largest absolute Gasteiger partial charge is 0.310 e. The van der Waals surface area contributed by atoms with Crippen LogP contribution in [0.1, 0.15) is 18.5 Å². The maximum Gasteiger partial charge on any atom is 0.243 e. The fourth-order valence-electron chi connectivity index (χ4n) is 3.71. The molecular formula is C22H23ClN4O3S. The number of para-hydroxylation sites is 1. The number of carbonyl (C=O) groups excluding carboxylic acids is 1. The third-order valence-electron chi connectivity index (χ3n) is 5.29. The van der Waals surface area contributed by atoms with Crippen LogP contribution in [0.5, 0.6) is 0 Å². The van der Waals surface area contributed by atoms with Crippen molar-refractivity contribution in [3.63, 3.8) is 0 Å². The van der Waals surface area contributed by atoms with Crippen LogP contribution < -0.4 is 5.32 Å². The van der Waals surface area contributed by atoms with E-state index in [0.717, 1.165) is 11.4 Å². The highest BCUT2D eigenvalue weighted by atomic mass is 35.5. The SMILES string of the molecule is Cc1cc(NC(=O)C2CCCN(S(=O)(=O)c3ccc(Cl)cc3)C2)n(-c2ccccc2)n1. The summed E-state index contributed by atoms with van der Waals surface area (Å²) in [7, 11) is -3.69. The van der Waals surface area contributed by atoms with Gasteiger partial charge in [0, 0.05) is 24.2 Å². The maximum absolute atomic E-state index is 13.0. The van der Waals surface area contributed by atoms with Gasteiger partial charge in [-0.25, -0.2) is 13.1 Å². The Labute approximate surface area is 186 Å². The van der Waals surface area contributed by atoms with Gasteiger partial charge in [0.2, 0.25) is 15.9 Å². The number of piperidine rings is 1. The molecule has 1 aromatic heterocycles. The first-order chi connectivity index (χ1) is 14.8. The molecule has 162 valence electrons. The van der Waals surface area contributed by atoms with E-state index in [1.807, 2.05) is 37.3 Å². The molecule has 0 aliphatic carbocycles. The molecule has 4 rings (SSSR count). The van der Waals surface area contributed by atoms with Crippen molar-refractivity contribution in [3.8, 4) is 5.69 Å². The number of carbonyl (C=O) groups is 1. The molecule has 0 spiro atoms. The van der Waals surface area contributed by atoms with E-state index in [4.69, 9.17) is 11.6 Å². The van der Waals surface area contributed by atoms with Gasteiger partial charge in [0.05, 0.1) is 22.2 Å². The summed E-state index contributed by atoms with van der Waals surface area (Å²) in [6.45, 7) is 2.38. The minimum Gasteiger partial charge on any atom is -0.310 e. The summed E-state index contributed by atoms with van der Waals surface area (Å²) in [6.07, 6.45) is 1.23. The Balaban J connectivity index is 1.51. The summed E-state index contributed by atoms with van der Waals surface area (Å²) in [5.74, 6) is -0.102. The molecule has 1 N–H and O–H groups in total. The number of hydrogen-bond acceptors (Lipinski definition) is 4. The molecule has 1 fully saturated rings. The monoisotopic (exact) mass is 458 g/mol. The Kier molecular flexibility index (Phi) is 6.13. The predicted molar refractivity (Wildman–Crippen MR) is 120 cm³/mol. The highest BCUT2D eigenvalue weighted by molar-refractivity contribution is 7.89. The van der Waals surface area contributed by atoms with Gasteiger partial charge in [-0.15, -0.1) is 0 Å². The summed E-state index contributed by atoms with van der Waals surface area (Å²) in [6, 6.07) is 17.4. The zero-order valence-corrected chi connectivity index (χ0v) is 18.6. The molecule has 1 aliphatic heterocycles. The van der Waals surface area contributed by atoms with Crippen LogP contribution in [0.2, 0.25) is 5.02 Å². The number of hydrogen-bond donors (Lipinski definition) is 1. The van der Waals surface area contributed by atoms with E-state index >= 15 is 0 Å². The Bertz CT molecular complexity index is 1180. The molecule has 1 atom stereocenters. The molecule has 3 aromatic rings. The van der Waals surface area contributed by atoms with Crippen LogP contribution in [0.25, 0.3) is 5.69 Å². The lowest BCUT2D eigenvalue weighted by molar-refractivity contribution is -0.120. The van der Waals surface area contributed by atoms with Gasteiger partial charge >= 0.3 is 0 Å². The zero-order chi connectivity index (χ0) is 22.0.